The number of piperidine rings is 2. The van der Waals surface area contributed by atoms with Gasteiger partial charge in [0.15, 0.2) is 0 Å². The molecule has 0 aromatic carbocycles. The van der Waals surface area contributed by atoms with Crippen LogP contribution < -0.4 is 0 Å². The molecule has 0 aromatic heterocycles. The zero-order valence-corrected chi connectivity index (χ0v) is 12.2. The number of carbonyl (C=O) groups excluding carboxylic acids is 1. The van der Waals surface area contributed by atoms with Gasteiger partial charge in [0.25, 0.3) is 0 Å². The first kappa shape index (κ1) is 14.0. The molecule has 2 nitrogen and oxygen atoms in total. The highest BCUT2D eigenvalue weighted by atomic mass is 16.1. The van der Waals surface area contributed by atoms with Crippen LogP contribution >= 0.6 is 0 Å². The molecular formula is C16H29NO. The number of nitrogens with zero attached hydrogens (tertiary/aromatic N) is 1. The molecule has 3 atom stereocenters. The number of ketones is 1. The summed E-state index contributed by atoms with van der Waals surface area (Å²) >= 11 is 0. The fourth-order valence-corrected chi connectivity index (χ4v) is 3.78. The van der Waals surface area contributed by atoms with E-state index in [9.17, 15) is 4.79 Å². The van der Waals surface area contributed by atoms with Gasteiger partial charge in [-0.2, -0.15) is 0 Å². The van der Waals surface area contributed by atoms with Crippen molar-refractivity contribution >= 4 is 5.78 Å². The van der Waals surface area contributed by atoms with Gasteiger partial charge in [-0.05, 0) is 25.2 Å². The molecule has 2 rings (SSSR count). The zero-order chi connectivity index (χ0) is 13.0. The van der Waals surface area contributed by atoms with Gasteiger partial charge in [0.1, 0.15) is 5.78 Å². The van der Waals surface area contributed by atoms with E-state index in [1.165, 1.54) is 51.5 Å². The Hall–Kier alpha value is -0.370. The van der Waals surface area contributed by atoms with Crippen LogP contribution in [0.5, 0.6) is 0 Å². The van der Waals surface area contributed by atoms with Gasteiger partial charge in [-0.1, -0.05) is 39.5 Å². The first-order chi connectivity index (χ1) is 8.74. The van der Waals surface area contributed by atoms with E-state index in [1.807, 2.05) is 0 Å². The minimum atomic E-state index is 0.516. The van der Waals surface area contributed by atoms with Crippen molar-refractivity contribution in [3.63, 3.8) is 0 Å². The Morgan fingerprint density at radius 2 is 1.89 bits per heavy atom. The highest BCUT2D eigenvalue weighted by Crippen LogP contribution is 2.33. The maximum absolute atomic E-state index is 11.7. The lowest BCUT2D eigenvalue weighted by Crippen LogP contribution is -2.53. The molecule has 2 bridgehead atoms. The maximum atomic E-state index is 11.7. The quantitative estimate of drug-likeness (QED) is 0.716. The summed E-state index contributed by atoms with van der Waals surface area (Å²) in [5.74, 6) is 1.36. The van der Waals surface area contributed by atoms with Crippen LogP contribution in [0.3, 0.4) is 0 Å². The second kappa shape index (κ2) is 6.70. The molecule has 3 unspecified atom stereocenters. The number of hydrogen-bond donors (Lipinski definition) is 0. The molecule has 2 heterocycles. The molecule has 0 spiro atoms. The van der Waals surface area contributed by atoms with Crippen molar-refractivity contribution in [2.24, 2.45) is 5.92 Å². The van der Waals surface area contributed by atoms with Crippen molar-refractivity contribution in [1.82, 2.24) is 4.90 Å². The van der Waals surface area contributed by atoms with Gasteiger partial charge in [-0.25, -0.2) is 0 Å². The molecule has 18 heavy (non-hydrogen) atoms. The van der Waals surface area contributed by atoms with Crippen molar-refractivity contribution in [1.29, 1.82) is 0 Å². The second-order valence-corrected chi connectivity index (χ2v) is 6.30. The number of Topliss-reactive ketones (excluding diaryl/α,β-unsaturated/α-hetero) is 1. The van der Waals surface area contributed by atoms with Crippen LogP contribution in [-0.2, 0) is 4.79 Å². The summed E-state index contributed by atoms with van der Waals surface area (Å²) in [6.45, 7) is 5.85. The van der Waals surface area contributed by atoms with Crippen LogP contribution in [0.25, 0.3) is 0 Å². The lowest BCUT2D eigenvalue weighted by Gasteiger charge is -2.46. The topological polar surface area (TPSA) is 20.3 Å². The van der Waals surface area contributed by atoms with Crippen LogP contribution in [0.2, 0.25) is 0 Å². The Morgan fingerprint density at radius 1 is 1.22 bits per heavy atom. The molecular weight excluding hydrogens is 222 g/mol. The maximum Gasteiger partial charge on any atom is 0.136 e. The molecule has 0 amide bonds. The molecule has 2 saturated heterocycles. The molecule has 104 valence electrons. The summed E-state index contributed by atoms with van der Waals surface area (Å²) in [7, 11) is 0. The second-order valence-electron chi connectivity index (χ2n) is 6.30. The van der Waals surface area contributed by atoms with Crippen molar-refractivity contribution < 1.29 is 4.79 Å². The van der Waals surface area contributed by atoms with Crippen molar-refractivity contribution in [3.05, 3.63) is 0 Å². The van der Waals surface area contributed by atoms with Gasteiger partial charge < -0.3 is 0 Å². The van der Waals surface area contributed by atoms with E-state index in [-0.39, 0.29) is 0 Å². The molecule has 2 aliphatic rings. The molecule has 0 radical (unpaired) electrons. The lowest BCUT2D eigenvalue weighted by molar-refractivity contribution is -0.127. The van der Waals surface area contributed by atoms with E-state index >= 15 is 0 Å². The van der Waals surface area contributed by atoms with Crippen LogP contribution in [0.15, 0.2) is 0 Å². The molecule has 0 aromatic rings. The monoisotopic (exact) mass is 251 g/mol. The fourth-order valence-electron chi connectivity index (χ4n) is 3.78. The molecule has 0 aliphatic carbocycles. The van der Waals surface area contributed by atoms with Crippen LogP contribution in [0.4, 0.5) is 0 Å². The Bertz CT molecular complexity index is 260. The summed E-state index contributed by atoms with van der Waals surface area (Å²) in [6, 6.07) is 1.17. The van der Waals surface area contributed by atoms with E-state index in [0.717, 1.165) is 18.8 Å². The first-order valence-corrected chi connectivity index (χ1v) is 8.02. The Balaban J connectivity index is 1.92. The van der Waals surface area contributed by atoms with E-state index in [4.69, 9.17) is 0 Å². The van der Waals surface area contributed by atoms with Crippen LogP contribution in [-0.4, -0.2) is 29.3 Å². The van der Waals surface area contributed by atoms with Crippen molar-refractivity contribution in [3.8, 4) is 0 Å². The highest BCUT2D eigenvalue weighted by molar-refractivity contribution is 5.80. The van der Waals surface area contributed by atoms with E-state index in [0.29, 0.717) is 17.9 Å². The fraction of sp³-hybridized carbons (Fsp3) is 0.938. The van der Waals surface area contributed by atoms with Crippen LogP contribution in [0.1, 0.15) is 71.6 Å². The molecule has 2 aliphatic heterocycles. The Morgan fingerprint density at radius 3 is 2.44 bits per heavy atom. The van der Waals surface area contributed by atoms with Gasteiger partial charge in [-0.15, -0.1) is 0 Å². The number of unbranched alkanes of at least 4 members (excludes halogenated alkanes) is 1. The number of hydrogen-bond acceptors (Lipinski definition) is 2. The Kier molecular flexibility index (Phi) is 5.23. The molecule has 0 N–H and O–H groups in total. The molecule has 0 saturated carbocycles. The van der Waals surface area contributed by atoms with E-state index < -0.39 is 0 Å². The number of fused-ring (bicyclic) bond motifs is 2. The van der Waals surface area contributed by atoms with Gasteiger partial charge in [0.05, 0.1) is 0 Å². The SMILES string of the molecule is CCCCC(CC)CN1C2CCCC1CC(=O)C2. The van der Waals surface area contributed by atoms with Gasteiger partial charge in [0.2, 0.25) is 0 Å². The summed E-state index contributed by atoms with van der Waals surface area (Å²) < 4.78 is 0. The first-order valence-electron chi connectivity index (χ1n) is 8.02. The van der Waals surface area contributed by atoms with Crippen LogP contribution in [0, 0.1) is 5.92 Å². The summed E-state index contributed by atoms with van der Waals surface area (Å²) in [6.07, 6.45) is 10.9. The minimum absolute atomic E-state index is 0.516. The summed E-state index contributed by atoms with van der Waals surface area (Å²) in [5.41, 5.74) is 0. The van der Waals surface area contributed by atoms with E-state index in [2.05, 4.69) is 18.7 Å². The minimum Gasteiger partial charge on any atom is -0.300 e. The van der Waals surface area contributed by atoms with Crippen molar-refractivity contribution in [2.45, 2.75) is 83.7 Å². The van der Waals surface area contributed by atoms with Gasteiger partial charge in [0, 0.05) is 31.5 Å². The van der Waals surface area contributed by atoms with Crippen molar-refractivity contribution in [2.75, 3.05) is 6.54 Å². The summed E-state index contributed by atoms with van der Waals surface area (Å²) in [5, 5.41) is 0. The normalized spacial score (nSPS) is 30.4. The standard InChI is InChI=1S/C16H29NO/c1-3-5-7-13(4-2)12-17-14-8-6-9-15(17)11-16(18)10-14/h13-15H,3-12H2,1-2H3. The average Bonchev–Trinajstić information content (AvgIpc) is 2.35. The molecule has 2 fully saturated rings. The summed E-state index contributed by atoms with van der Waals surface area (Å²) in [4.78, 5) is 14.4. The predicted octanol–water partition coefficient (Wildman–Crippen LogP) is 3.79. The predicted molar refractivity (Wildman–Crippen MR) is 75.7 cm³/mol. The largest absolute Gasteiger partial charge is 0.300 e. The number of carbonyl (C=O) groups is 1. The average molecular weight is 251 g/mol. The highest BCUT2D eigenvalue weighted by Gasteiger charge is 2.37. The lowest BCUT2D eigenvalue weighted by atomic mass is 9.82. The third kappa shape index (κ3) is 3.34. The number of rotatable bonds is 6. The van der Waals surface area contributed by atoms with Gasteiger partial charge in [-0.3, -0.25) is 9.69 Å². The Labute approximate surface area is 112 Å². The third-order valence-electron chi connectivity index (χ3n) is 4.95. The zero-order valence-electron chi connectivity index (χ0n) is 12.2. The smallest absolute Gasteiger partial charge is 0.136 e. The third-order valence-corrected chi connectivity index (χ3v) is 4.95. The van der Waals surface area contributed by atoms with Gasteiger partial charge >= 0.3 is 0 Å². The van der Waals surface area contributed by atoms with E-state index in [1.54, 1.807) is 0 Å². The molecule has 2 heteroatoms.